The molecule has 0 bridgehead atoms. The van der Waals surface area contributed by atoms with Crippen LogP contribution in [-0.4, -0.2) is 266 Å². The molecule has 0 aromatic rings. The van der Waals surface area contributed by atoms with Crippen LogP contribution in [0.1, 0.15) is 26.7 Å². The summed E-state index contributed by atoms with van der Waals surface area (Å²) in [6, 6.07) is -3.49. The second kappa shape index (κ2) is 21.6. The van der Waals surface area contributed by atoms with Crippen LogP contribution < -0.4 is 10.6 Å². The van der Waals surface area contributed by atoms with Crippen molar-refractivity contribution in [2.24, 2.45) is 0 Å². The van der Waals surface area contributed by atoms with Crippen LogP contribution in [0.3, 0.4) is 0 Å². The van der Waals surface area contributed by atoms with E-state index in [4.69, 9.17) is 33.2 Å². The number of aliphatic hydroxyl groups is 14. The molecule has 18 N–H and O–H groups in total. The lowest BCUT2D eigenvalue weighted by molar-refractivity contribution is -0.366. The van der Waals surface area contributed by atoms with Gasteiger partial charge in [-0.25, -0.2) is 9.59 Å². The summed E-state index contributed by atoms with van der Waals surface area (Å²) < 4.78 is 38.2. The molecule has 364 valence electrons. The monoisotopic (exact) mass is 924 g/mol. The third-order valence-corrected chi connectivity index (χ3v) is 11.0. The van der Waals surface area contributed by atoms with Crippen LogP contribution in [0.25, 0.3) is 0 Å². The second-order valence-corrected chi connectivity index (χ2v) is 15.5. The number of carboxylic acids is 2. The number of rotatable bonds is 18. The van der Waals surface area contributed by atoms with Crippen molar-refractivity contribution in [1.29, 1.82) is 0 Å². The Kier molecular flexibility index (Phi) is 18.0. The van der Waals surface area contributed by atoms with Crippen molar-refractivity contribution in [3.8, 4) is 0 Å². The predicted octanol–water partition coefficient (Wildman–Crippen LogP) is -11.0. The van der Waals surface area contributed by atoms with Gasteiger partial charge in [0.05, 0.1) is 50.7 Å². The highest BCUT2D eigenvalue weighted by Gasteiger charge is 2.61. The number of aliphatic carboxylic acids is 2. The summed E-state index contributed by atoms with van der Waals surface area (Å²) in [6.45, 7) is -2.70. The van der Waals surface area contributed by atoms with Crippen molar-refractivity contribution in [3.63, 3.8) is 0 Å². The fraction of sp³-hybridized carbons (Fsp3) is 0.882. The maximum Gasteiger partial charge on any atom is 0.364 e. The number of aliphatic hydroxyl groups excluding tert-OH is 14. The van der Waals surface area contributed by atoms with E-state index in [1.165, 1.54) is 0 Å². The van der Waals surface area contributed by atoms with E-state index in [9.17, 15) is 101 Å². The van der Waals surface area contributed by atoms with E-state index in [0.717, 1.165) is 13.8 Å². The zero-order valence-electron chi connectivity index (χ0n) is 33.4. The smallest absolute Gasteiger partial charge is 0.364 e. The SMILES string of the molecule is CC(=O)N[C@H]1[C@H]([C@H](O)[C@H](O)CO)O[C@@](O[C@H](CO)[C@@H](O)[C@@H]2O[C@@](OC[C@H]3O[C@@H](O[C@H]4[C@H](O)[C@@H](O)[C@H](O)O[C@@H]4CO)[C@H](O)[C@@H](O)[C@H]3O)(C(=O)O)C[C@H](O)[C@H]2NC(C)=O)(C(=O)O)C[C@@H]1O. The highest BCUT2D eigenvalue weighted by molar-refractivity contribution is 5.77. The molecule has 0 radical (unpaired) electrons. The molecular formula is C34H56N2O27. The van der Waals surface area contributed by atoms with E-state index in [1.807, 2.05) is 0 Å². The summed E-state index contributed by atoms with van der Waals surface area (Å²) in [5.74, 6) is -12.2. The molecule has 29 nitrogen and oxygen atoms in total. The van der Waals surface area contributed by atoms with Gasteiger partial charge in [-0.3, -0.25) is 9.59 Å². The number of nitrogens with one attached hydrogen (secondary N) is 2. The largest absolute Gasteiger partial charge is 0.477 e. The number of hydrogen-bond acceptors (Lipinski definition) is 25. The van der Waals surface area contributed by atoms with E-state index in [1.54, 1.807) is 0 Å². The number of carboxylic acid groups (broad SMARTS) is 2. The quantitative estimate of drug-likeness (QED) is 0.0607. The van der Waals surface area contributed by atoms with Gasteiger partial charge >= 0.3 is 11.9 Å². The highest BCUT2D eigenvalue weighted by atomic mass is 16.8. The topological polar surface area (TPSA) is 481 Å². The molecule has 0 aromatic carbocycles. The molecule has 4 rings (SSSR count). The van der Waals surface area contributed by atoms with Gasteiger partial charge in [0.1, 0.15) is 85.5 Å². The maximum absolute atomic E-state index is 12.9. The Morgan fingerprint density at radius 1 is 0.667 bits per heavy atom. The molecule has 4 saturated heterocycles. The first-order chi connectivity index (χ1) is 29.4. The fourth-order valence-corrected chi connectivity index (χ4v) is 7.64. The second-order valence-electron chi connectivity index (χ2n) is 15.5. The van der Waals surface area contributed by atoms with Crippen LogP contribution in [0.15, 0.2) is 0 Å². The van der Waals surface area contributed by atoms with Crippen LogP contribution in [-0.2, 0) is 52.3 Å². The van der Waals surface area contributed by atoms with Crippen molar-refractivity contribution in [2.75, 3.05) is 26.4 Å². The average Bonchev–Trinajstić information content (AvgIpc) is 3.22. The number of ether oxygens (including phenoxy) is 7. The zero-order valence-corrected chi connectivity index (χ0v) is 33.4. The van der Waals surface area contributed by atoms with Crippen LogP contribution in [0.5, 0.6) is 0 Å². The predicted molar refractivity (Wildman–Crippen MR) is 191 cm³/mol. The van der Waals surface area contributed by atoms with Crippen molar-refractivity contribution < 1.29 is 134 Å². The molecule has 4 fully saturated rings. The number of carbonyl (C=O) groups excluding carboxylic acids is 2. The molecule has 29 heteroatoms. The van der Waals surface area contributed by atoms with Gasteiger partial charge in [-0.2, -0.15) is 0 Å². The van der Waals surface area contributed by atoms with Gasteiger partial charge in [-0.05, 0) is 0 Å². The average molecular weight is 925 g/mol. The molecule has 2 amide bonds. The number of hydrogen-bond donors (Lipinski definition) is 18. The molecule has 63 heavy (non-hydrogen) atoms. The molecule has 0 aliphatic carbocycles. The first kappa shape index (κ1) is 52.7. The van der Waals surface area contributed by atoms with Gasteiger partial charge in [0.2, 0.25) is 11.8 Å². The first-order valence-electron chi connectivity index (χ1n) is 19.3. The minimum absolute atomic E-state index is 0.828. The van der Waals surface area contributed by atoms with E-state index in [2.05, 4.69) is 10.6 Å². The summed E-state index contributed by atoms with van der Waals surface area (Å²) in [5.41, 5.74) is 0. The first-order valence-corrected chi connectivity index (χ1v) is 19.3. The van der Waals surface area contributed by atoms with Crippen molar-refractivity contribution in [1.82, 2.24) is 10.6 Å². The summed E-state index contributed by atoms with van der Waals surface area (Å²) in [5, 5.41) is 172. The van der Waals surface area contributed by atoms with Gasteiger partial charge in [-0.15, -0.1) is 0 Å². The van der Waals surface area contributed by atoms with E-state index >= 15 is 0 Å². The van der Waals surface area contributed by atoms with Gasteiger partial charge in [-0.1, -0.05) is 0 Å². The van der Waals surface area contributed by atoms with Crippen molar-refractivity contribution >= 4 is 23.8 Å². The maximum atomic E-state index is 12.9. The van der Waals surface area contributed by atoms with Crippen LogP contribution >= 0.6 is 0 Å². The molecule has 0 aromatic heterocycles. The van der Waals surface area contributed by atoms with Crippen molar-refractivity contribution in [2.45, 2.75) is 161 Å². The van der Waals surface area contributed by atoms with Gasteiger partial charge < -0.3 is 125 Å². The Bertz CT molecular complexity index is 1560. The third kappa shape index (κ3) is 11.4. The van der Waals surface area contributed by atoms with Gasteiger partial charge in [0.15, 0.2) is 12.6 Å². The zero-order chi connectivity index (χ0) is 47.5. The lowest BCUT2D eigenvalue weighted by atomic mass is 9.87. The molecule has 0 saturated carbocycles. The van der Waals surface area contributed by atoms with Gasteiger partial charge in [0.25, 0.3) is 11.6 Å². The molecule has 22 atom stereocenters. The lowest BCUT2D eigenvalue weighted by Crippen LogP contribution is -2.70. The Hall–Kier alpha value is -2.96. The summed E-state index contributed by atoms with van der Waals surface area (Å²) >= 11 is 0. The third-order valence-electron chi connectivity index (χ3n) is 11.0. The molecule has 4 aliphatic heterocycles. The normalized spacial score (nSPS) is 42.9. The number of amides is 2. The standard InChI is InChI=1S/C34H56N2O27/c1-9(40)35-17-12(43)4-34(32(55)56,63-27(17)19(45)13(44)5-37)61-14(6-38)21(47)28-18(36-10(2)41)11(42)3-33(62-28,31(53)54)57-8-16-20(46)22(48)25(51)30(59-16)60-26-15(7-39)58-29(52)24(50)23(26)49/h11-30,37-39,42-52H,3-8H2,1-2H3,(H,35,40)(H,36,41)(H,53,54)(H,55,56)/t11-,12-,13+,14+,15+,16+,17+,18+,19+,20-,21+,22-,23+,24+,25+,26+,27+,28+,29+,30-,33+,34+/m0/s1. The Morgan fingerprint density at radius 2 is 1.19 bits per heavy atom. The fourth-order valence-electron chi connectivity index (χ4n) is 7.64. The molecular weight excluding hydrogens is 868 g/mol. The van der Waals surface area contributed by atoms with Crippen LogP contribution in [0.2, 0.25) is 0 Å². The Balaban J connectivity index is 1.64. The molecule has 0 spiro atoms. The minimum Gasteiger partial charge on any atom is -0.477 e. The number of carbonyl (C=O) groups is 4. The summed E-state index contributed by atoms with van der Waals surface area (Å²) in [6.07, 6.45) is -39.5. The highest BCUT2D eigenvalue weighted by Crippen LogP contribution is 2.39. The Morgan fingerprint density at radius 3 is 1.68 bits per heavy atom. The van der Waals surface area contributed by atoms with E-state index < -0.39 is 197 Å². The summed E-state index contributed by atoms with van der Waals surface area (Å²) in [4.78, 5) is 49.9. The summed E-state index contributed by atoms with van der Waals surface area (Å²) in [7, 11) is 0. The minimum atomic E-state index is -3.20. The van der Waals surface area contributed by atoms with Crippen molar-refractivity contribution in [3.05, 3.63) is 0 Å². The van der Waals surface area contributed by atoms with E-state index in [-0.39, 0.29) is 0 Å². The van der Waals surface area contributed by atoms with Crippen LogP contribution in [0, 0.1) is 0 Å². The van der Waals surface area contributed by atoms with Gasteiger partial charge in [0, 0.05) is 26.7 Å². The molecule has 4 aliphatic rings. The van der Waals surface area contributed by atoms with E-state index in [0.29, 0.717) is 0 Å². The Labute approximate surface area is 355 Å². The molecule has 4 heterocycles. The van der Waals surface area contributed by atoms with Crippen LogP contribution in [0.4, 0.5) is 0 Å². The molecule has 0 unspecified atom stereocenters. The lowest BCUT2D eigenvalue weighted by Gasteiger charge is -2.50.